The predicted octanol–water partition coefficient (Wildman–Crippen LogP) is 2.67. The Bertz CT molecular complexity index is 491. The fraction of sp³-hybridized carbons (Fsp3) is 0.417. The molecule has 0 aliphatic heterocycles. The Morgan fingerprint density at radius 3 is 2.63 bits per heavy atom. The minimum atomic E-state index is -0.589. The van der Waals surface area contributed by atoms with E-state index in [0.29, 0.717) is 22.5 Å². The molecule has 104 valence electrons. The van der Waals surface area contributed by atoms with E-state index in [0.717, 1.165) is 0 Å². The van der Waals surface area contributed by atoms with Crippen LogP contribution >= 0.6 is 15.9 Å². The number of hydrogen-bond acceptors (Lipinski definition) is 4. The van der Waals surface area contributed by atoms with E-state index in [-0.39, 0.29) is 11.6 Å². The number of nitro groups is 1. The summed E-state index contributed by atoms with van der Waals surface area (Å²) in [4.78, 5) is 21.9. The summed E-state index contributed by atoms with van der Waals surface area (Å²) in [5.74, 6) is 0.0267. The van der Waals surface area contributed by atoms with Gasteiger partial charge in [-0.1, -0.05) is 13.8 Å². The molecule has 1 aromatic carbocycles. The van der Waals surface area contributed by atoms with Crippen molar-refractivity contribution in [2.24, 2.45) is 11.7 Å². The molecule has 3 N–H and O–H groups in total. The van der Waals surface area contributed by atoms with Crippen LogP contribution < -0.4 is 11.1 Å². The Kier molecular flexibility index (Phi) is 5.44. The smallest absolute Gasteiger partial charge is 0.283 e. The largest absolute Gasteiger partial charge is 0.325 e. The second kappa shape index (κ2) is 6.63. The van der Waals surface area contributed by atoms with E-state index in [1.54, 1.807) is 0 Å². The molecule has 0 aliphatic carbocycles. The zero-order valence-electron chi connectivity index (χ0n) is 10.7. The van der Waals surface area contributed by atoms with Crippen molar-refractivity contribution in [3.05, 3.63) is 32.8 Å². The highest BCUT2D eigenvalue weighted by atomic mass is 79.9. The van der Waals surface area contributed by atoms with E-state index in [1.165, 1.54) is 18.2 Å². The second-order valence-corrected chi connectivity index (χ2v) is 5.50. The summed E-state index contributed by atoms with van der Waals surface area (Å²) in [7, 11) is 0. The fourth-order valence-corrected chi connectivity index (χ4v) is 2.11. The first kappa shape index (κ1) is 15.6. The highest BCUT2D eigenvalue weighted by Crippen LogP contribution is 2.27. The van der Waals surface area contributed by atoms with Crippen LogP contribution in [-0.2, 0) is 4.79 Å². The summed E-state index contributed by atoms with van der Waals surface area (Å²) in [5.41, 5.74) is 6.17. The van der Waals surface area contributed by atoms with E-state index < -0.39 is 11.0 Å². The lowest BCUT2D eigenvalue weighted by Gasteiger charge is -2.14. The van der Waals surface area contributed by atoms with Gasteiger partial charge in [0.2, 0.25) is 5.91 Å². The van der Waals surface area contributed by atoms with Crippen molar-refractivity contribution in [3.63, 3.8) is 0 Å². The first-order valence-corrected chi connectivity index (χ1v) is 6.61. The molecule has 0 saturated heterocycles. The summed E-state index contributed by atoms with van der Waals surface area (Å²) >= 11 is 3.09. The Morgan fingerprint density at radius 2 is 2.16 bits per heavy atom. The van der Waals surface area contributed by atoms with Gasteiger partial charge in [-0.25, -0.2) is 0 Å². The molecule has 1 unspecified atom stereocenters. The number of nitrogens with zero attached hydrogens (tertiary/aromatic N) is 1. The van der Waals surface area contributed by atoms with Gasteiger partial charge in [0.05, 0.1) is 15.4 Å². The molecule has 7 heteroatoms. The molecule has 0 fully saturated rings. The molecule has 19 heavy (non-hydrogen) atoms. The molecule has 0 radical (unpaired) electrons. The van der Waals surface area contributed by atoms with Crippen molar-refractivity contribution in [2.75, 3.05) is 5.32 Å². The SMILES string of the molecule is CC(C)CC(N)C(=O)Nc1ccc([N+](=O)[O-])c(Br)c1. The maximum absolute atomic E-state index is 11.8. The van der Waals surface area contributed by atoms with Crippen molar-refractivity contribution in [2.45, 2.75) is 26.3 Å². The highest BCUT2D eigenvalue weighted by Gasteiger charge is 2.17. The number of benzene rings is 1. The number of carbonyl (C=O) groups excluding carboxylic acids is 1. The third kappa shape index (κ3) is 4.60. The molecule has 1 rings (SSSR count). The van der Waals surface area contributed by atoms with Crippen LogP contribution in [0.1, 0.15) is 20.3 Å². The van der Waals surface area contributed by atoms with Gasteiger partial charge >= 0.3 is 0 Å². The van der Waals surface area contributed by atoms with E-state index >= 15 is 0 Å². The molecule has 0 saturated carbocycles. The number of anilines is 1. The maximum Gasteiger partial charge on any atom is 0.283 e. The van der Waals surface area contributed by atoms with Crippen LogP contribution in [0.5, 0.6) is 0 Å². The van der Waals surface area contributed by atoms with Crippen molar-refractivity contribution in [3.8, 4) is 0 Å². The monoisotopic (exact) mass is 329 g/mol. The van der Waals surface area contributed by atoms with Crippen LogP contribution in [0.4, 0.5) is 11.4 Å². The molecular formula is C12H16BrN3O3. The van der Waals surface area contributed by atoms with Crippen LogP contribution in [0.15, 0.2) is 22.7 Å². The Morgan fingerprint density at radius 1 is 1.53 bits per heavy atom. The topological polar surface area (TPSA) is 98.3 Å². The Hall–Kier alpha value is -1.47. The molecule has 0 heterocycles. The van der Waals surface area contributed by atoms with Crippen molar-refractivity contribution in [1.82, 2.24) is 0 Å². The number of hydrogen-bond donors (Lipinski definition) is 2. The number of halogens is 1. The summed E-state index contributed by atoms with van der Waals surface area (Å²) in [6.07, 6.45) is 0.583. The molecule has 0 aliphatic rings. The molecule has 1 aromatic rings. The quantitative estimate of drug-likeness (QED) is 0.640. The highest BCUT2D eigenvalue weighted by molar-refractivity contribution is 9.10. The average molecular weight is 330 g/mol. The van der Waals surface area contributed by atoms with Crippen molar-refractivity contribution in [1.29, 1.82) is 0 Å². The standard InChI is InChI=1S/C12H16BrN3O3/c1-7(2)5-10(14)12(17)15-8-3-4-11(16(18)19)9(13)6-8/h3-4,6-7,10H,5,14H2,1-2H3,(H,15,17). The van der Waals surface area contributed by atoms with E-state index in [9.17, 15) is 14.9 Å². The summed E-state index contributed by atoms with van der Waals surface area (Å²) in [6, 6.07) is 3.70. The lowest BCUT2D eigenvalue weighted by atomic mass is 10.0. The minimum absolute atomic E-state index is 0.0514. The number of rotatable bonds is 5. The third-order valence-corrected chi connectivity index (χ3v) is 3.11. The zero-order chi connectivity index (χ0) is 14.6. The maximum atomic E-state index is 11.8. The van der Waals surface area contributed by atoms with Gasteiger partial charge in [-0.3, -0.25) is 14.9 Å². The second-order valence-electron chi connectivity index (χ2n) is 4.65. The number of nitrogens with two attached hydrogens (primary N) is 1. The van der Waals surface area contributed by atoms with Gasteiger partial charge in [-0.2, -0.15) is 0 Å². The van der Waals surface area contributed by atoms with E-state index in [2.05, 4.69) is 21.2 Å². The first-order chi connectivity index (χ1) is 8.81. The number of nitro benzene ring substituents is 1. The number of carbonyl (C=O) groups is 1. The number of nitrogens with one attached hydrogen (secondary N) is 1. The van der Waals surface area contributed by atoms with E-state index in [4.69, 9.17) is 5.73 Å². The molecule has 0 spiro atoms. The molecule has 6 nitrogen and oxygen atoms in total. The molecule has 0 aromatic heterocycles. The van der Waals surface area contributed by atoms with Gasteiger partial charge in [-0.05, 0) is 40.4 Å². The van der Waals surface area contributed by atoms with Gasteiger partial charge in [0.1, 0.15) is 0 Å². The van der Waals surface area contributed by atoms with Crippen molar-refractivity contribution < 1.29 is 9.72 Å². The van der Waals surface area contributed by atoms with Crippen LogP contribution in [0.25, 0.3) is 0 Å². The predicted molar refractivity (Wildman–Crippen MR) is 76.9 cm³/mol. The minimum Gasteiger partial charge on any atom is -0.325 e. The molecular weight excluding hydrogens is 314 g/mol. The normalized spacial score (nSPS) is 12.3. The molecule has 1 atom stereocenters. The molecule has 1 amide bonds. The third-order valence-electron chi connectivity index (χ3n) is 2.47. The lowest BCUT2D eigenvalue weighted by Crippen LogP contribution is -2.36. The lowest BCUT2D eigenvalue weighted by molar-refractivity contribution is -0.385. The zero-order valence-corrected chi connectivity index (χ0v) is 12.3. The van der Waals surface area contributed by atoms with Crippen LogP contribution in [0.2, 0.25) is 0 Å². The van der Waals surface area contributed by atoms with Gasteiger partial charge in [-0.15, -0.1) is 0 Å². The average Bonchev–Trinajstić information content (AvgIpc) is 2.27. The van der Waals surface area contributed by atoms with E-state index in [1.807, 2.05) is 13.8 Å². The summed E-state index contributed by atoms with van der Waals surface area (Å²) < 4.78 is 0.313. The van der Waals surface area contributed by atoms with Gasteiger partial charge in [0.25, 0.3) is 5.69 Å². The summed E-state index contributed by atoms with van der Waals surface area (Å²) in [6.45, 7) is 3.96. The van der Waals surface area contributed by atoms with Gasteiger partial charge in [0.15, 0.2) is 0 Å². The molecule has 0 bridgehead atoms. The Labute approximate surface area is 119 Å². The van der Waals surface area contributed by atoms with Gasteiger partial charge in [0, 0.05) is 11.8 Å². The van der Waals surface area contributed by atoms with Crippen LogP contribution in [-0.4, -0.2) is 16.9 Å². The van der Waals surface area contributed by atoms with Crippen LogP contribution in [0, 0.1) is 16.0 Å². The fourth-order valence-electron chi connectivity index (χ4n) is 1.58. The first-order valence-electron chi connectivity index (χ1n) is 5.81. The van der Waals surface area contributed by atoms with Gasteiger partial charge < -0.3 is 11.1 Å². The Balaban J connectivity index is 2.75. The summed E-state index contributed by atoms with van der Waals surface area (Å²) in [5, 5.41) is 13.3. The van der Waals surface area contributed by atoms with Crippen LogP contribution in [0.3, 0.4) is 0 Å². The van der Waals surface area contributed by atoms with Crippen molar-refractivity contribution >= 4 is 33.2 Å². The number of amides is 1.